The third kappa shape index (κ3) is 2.40. The fourth-order valence-electron chi connectivity index (χ4n) is 2.50. The highest BCUT2D eigenvalue weighted by Crippen LogP contribution is 2.30. The summed E-state index contributed by atoms with van der Waals surface area (Å²) >= 11 is 8.61. The molecule has 0 fully saturated rings. The Morgan fingerprint density at radius 3 is 2.81 bits per heavy atom. The van der Waals surface area contributed by atoms with E-state index in [0.717, 1.165) is 39.0 Å². The molecule has 2 aromatic heterocycles. The predicted molar refractivity (Wildman–Crippen MR) is 94.0 cm³/mol. The van der Waals surface area contributed by atoms with Crippen molar-refractivity contribution in [1.29, 1.82) is 0 Å². The van der Waals surface area contributed by atoms with Crippen LogP contribution in [0, 0.1) is 3.57 Å². The number of benzene rings is 1. The zero-order chi connectivity index (χ0) is 15.1. The van der Waals surface area contributed by atoms with Gasteiger partial charge in [-0.25, -0.2) is 9.67 Å². The molecule has 0 aliphatic heterocycles. The minimum absolute atomic E-state index is 0.429. The largest absolute Gasteiger partial charge is 0.369 e. The van der Waals surface area contributed by atoms with Gasteiger partial charge in [-0.3, -0.25) is 4.57 Å². The number of nitrogens with two attached hydrogens (primary N) is 1. The number of nitrogen functional groups attached to an aromatic ring is 1. The molecule has 0 aliphatic carbocycles. The van der Waals surface area contributed by atoms with Crippen LogP contribution in [0.5, 0.6) is 0 Å². The van der Waals surface area contributed by atoms with Gasteiger partial charge in [-0.1, -0.05) is 24.9 Å². The van der Waals surface area contributed by atoms with Crippen molar-refractivity contribution in [2.24, 2.45) is 7.05 Å². The second-order valence-corrected chi connectivity index (χ2v) is 6.55. The van der Waals surface area contributed by atoms with E-state index in [1.165, 1.54) is 0 Å². The molecule has 110 valence electrons. The molecule has 3 aromatic rings. The molecule has 3 rings (SSSR count). The van der Waals surface area contributed by atoms with Crippen LogP contribution in [0.4, 0.5) is 5.95 Å². The second-order valence-electron chi connectivity index (χ2n) is 4.89. The molecule has 21 heavy (non-hydrogen) atoms. The third-order valence-electron chi connectivity index (χ3n) is 3.37. The average molecular weight is 416 g/mol. The van der Waals surface area contributed by atoms with Gasteiger partial charge in [0.1, 0.15) is 5.52 Å². The smallest absolute Gasteiger partial charge is 0.207 e. The fraction of sp³-hybridized carbons (Fsp3) is 0.286. The van der Waals surface area contributed by atoms with Gasteiger partial charge in [-0.15, -0.1) is 0 Å². The fourth-order valence-corrected chi connectivity index (χ4v) is 3.44. The van der Waals surface area contributed by atoms with Crippen molar-refractivity contribution < 1.29 is 0 Å². The number of nitrogens with zero attached hydrogens (tertiary/aromatic N) is 4. The molecule has 0 saturated carbocycles. The van der Waals surface area contributed by atoms with Crippen LogP contribution >= 0.6 is 34.2 Å². The lowest BCUT2D eigenvalue weighted by Gasteiger charge is -2.09. The van der Waals surface area contributed by atoms with Crippen LogP contribution in [0.1, 0.15) is 19.0 Å². The summed E-state index contributed by atoms with van der Waals surface area (Å²) in [5.41, 5.74) is 9.64. The lowest BCUT2D eigenvalue weighted by molar-refractivity contribution is 0.738. The van der Waals surface area contributed by atoms with E-state index in [-0.39, 0.29) is 0 Å². The second kappa shape index (κ2) is 5.49. The maximum absolute atomic E-state index is 6.37. The van der Waals surface area contributed by atoms with E-state index in [4.69, 9.17) is 17.3 Å². The summed E-state index contributed by atoms with van der Waals surface area (Å²) in [7, 11) is 1.90. The molecule has 0 radical (unpaired) electrons. The van der Waals surface area contributed by atoms with Crippen LogP contribution in [0.25, 0.3) is 16.9 Å². The van der Waals surface area contributed by atoms with Gasteiger partial charge in [0.15, 0.2) is 5.65 Å². The van der Waals surface area contributed by atoms with Gasteiger partial charge in [-0.2, -0.15) is 5.10 Å². The summed E-state index contributed by atoms with van der Waals surface area (Å²) in [5.74, 6) is 0.429. The summed E-state index contributed by atoms with van der Waals surface area (Å²) in [6.45, 7) is 2.12. The van der Waals surface area contributed by atoms with Gasteiger partial charge in [0.05, 0.1) is 16.4 Å². The molecule has 0 amide bonds. The molecule has 0 unspecified atom stereocenters. The first-order valence-corrected chi connectivity index (χ1v) is 8.13. The van der Waals surface area contributed by atoms with E-state index in [9.17, 15) is 0 Å². The Labute approximate surface area is 141 Å². The minimum Gasteiger partial charge on any atom is -0.369 e. The molecule has 0 spiro atoms. The lowest BCUT2D eigenvalue weighted by Crippen LogP contribution is -2.05. The van der Waals surface area contributed by atoms with E-state index in [1.54, 1.807) is 0 Å². The Morgan fingerprint density at radius 2 is 2.14 bits per heavy atom. The molecular weight excluding hydrogens is 401 g/mol. The number of halogens is 2. The molecule has 0 bridgehead atoms. The summed E-state index contributed by atoms with van der Waals surface area (Å²) in [6, 6.07) is 5.86. The predicted octanol–water partition coefficient (Wildman–Crippen LogP) is 3.55. The number of hydrogen-bond acceptors (Lipinski definition) is 3. The van der Waals surface area contributed by atoms with Crippen LogP contribution in [0.2, 0.25) is 5.02 Å². The summed E-state index contributed by atoms with van der Waals surface area (Å²) in [4.78, 5) is 4.49. The molecule has 7 heteroatoms. The number of imidazole rings is 1. The topological polar surface area (TPSA) is 61.7 Å². The Kier molecular flexibility index (Phi) is 3.83. The number of hydrogen-bond donors (Lipinski definition) is 1. The number of rotatable bonds is 3. The third-order valence-corrected chi connectivity index (χ3v) is 4.34. The quantitative estimate of drug-likeness (QED) is 0.666. The summed E-state index contributed by atoms with van der Waals surface area (Å²) in [5, 5.41) is 5.19. The van der Waals surface area contributed by atoms with Crippen LogP contribution in [0.3, 0.4) is 0 Å². The molecule has 0 atom stereocenters. The number of aryl methyl sites for hydroxylation is 2. The number of fused-ring (bicyclic) bond motifs is 1. The zero-order valence-electron chi connectivity index (χ0n) is 11.8. The summed E-state index contributed by atoms with van der Waals surface area (Å²) in [6.07, 6.45) is 1.90. The van der Waals surface area contributed by atoms with Crippen LogP contribution in [-0.4, -0.2) is 19.3 Å². The lowest BCUT2D eigenvalue weighted by atomic mass is 10.2. The number of anilines is 1. The van der Waals surface area contributed by atoms with E-state index in [0.29, 0.717) is 11.0 Å². The van der Waals surface area contributed by atoms with Crippen molar-refractivity contribution in [3.63, 3.8) is 0 Å². The molecule has 0 saturated heterocycles. The van der Waals surface area contributed by atoms with Gasteiger partial charge in [-0.05, 0) is 47.2 Å². The standard InChI is InChI=1S/C14H15ClIN5/c1-3-4-10-12-13(20(2)19-10)21(14(17)18-12)11-6-5-8(16)7-9(11)15/h5-7H,3-4H2,1-2H3,(H2,17,18). The van der Waals surface area contributed by atoms with Crippen molar-refractivity contribution >= 4 is 51.3 Å². The Hall–Kier alpha value is -1.28. The van der Waals surface area contributed by atoms with Crippen LogP contribution in [-0.2, 0) is 13.5 Å². The first-order valence-electron chi connectivity index (χ1n) is 6.68. The zero-order valence-corrected chi connectivity index (χ0v) is 14.7. The highest BCUT2D eigenvalue weighted by molar-refractivity contribution is 14.1. The van der Waals surface area contributed by atoms with Crippen molar-refractivity contribution in [2.45, 2.75) is 19.8 Å². The SMILES string of the molecule is CCCc1nn(C)c2c1nc(N)n2-c1ccc(I)cc1Cl. The van der Waals surface area contributed by atoms with Crippen molar-refractivity contribution in [3.05, 3.63) is 32.5 Å². The van der Waals surface area contributed by atoms with Crippen molar-refractivity contribution in [3.8, 4) is 5.69 Å². The first kappa shape index (κ1) is 14.6. The van der Waals surface area contributed by atoms with Gasteiger partial charge in [0, 0.05) is 10.6 Å². The summed E-state index contributed by atoms with van der Waals surface area (Å²) < 4.78 is 4.76. The molecule has 1 aromatic carbocycles. The molecule has 0 aliphatic rings. The van der Waals surface area contributed by atoms with E-state index in [2.05, 4.69) is 39.6 Å². The highest BCUT2D eigenvalue weighted by atomic mass is 127. The molecule has 2 N–H and O–H groups in total. The van der Waals surface area contributed by atoms with Crippen LogP contribution < -0.4 is 5.73 Å². The number of aromatic nitrogens is 4. The van der Waals surface area contributed by atoms with Crippen molar-refractivity contribution in [2.75, 3.05) is 5.73 Å². The van der Waals surface area contributed by atoms with Crippen LogP contribution in [0.15, 0.2) is 18.2 Å². The average Bonchev–Trinajstić information content (AvgIpc) is 2.89. The Morgan fingerprint density at radius 1 is 1.38 bits per heavy atom. The monoisotopic (exact) mass is 415 g/mol. The Bertz CT molecular complexity index is 820. The van der Waals surface area contributed by atoms with E-state index < -0.39 is 0 Å². The Balaban J connectivity index is 2.30. The van der Waals surface area contributed by atoms with Gasteiger partial charge in [0.25, 0.3) is 0 Å². The minimum atomic E-state index is 0.429. The van der Waals surface area contributed by atoms with Gasteiger partial charge >= 0.3 is 0 Å². The van der Waals surface area contributed by atoms with Crippen molar-refractivity contribution in [1.82, 2.24) is 19.3 Å². The maximum atomic E-state index is 6.37. The van der Waals surface area contributed by atoms with E-state index >= 15 is 0 Å². The normalized spacial score (nSPS) is 11.4. The maximum Gasteiger partial charge on any atom is 0.207 e. The molecular formula is C14H15ClIN5. The van der Waals surface area contributed by atoms with Gasteiger partial charge < -0.3 is 5.73 Å². The van der Waals surface area contributed by atoms with Gasteiger partial charge in [0.2, 0.25) is 5.95 Å². The molecule has 5 nitrogen and oxygen atoms in total. The first-order chi connectivity index (χ1) is 10.0. The van der Waals surface area contributed by atoms with E-state index in [1.807, 2.05) is 34.5 Å². The molecule has 2 heterocycles. The highest BCUT2D eigenvalue weighted by Gasteiger charge is 2.19.